The Balaban J connectivity index is 1.74. The van der Waals surface area contributed by atoms with Gasteiger partial charge >= 0.3 is 0 Å². The van der Waals surface area contributed by atoms with E-state index in [1.54, 1.807) is 6.07 Å². The summed E-state index contributed by atoms with van der Waals surface area (Å²) < 4.78 is 6.89. The molecule has 1 heterocycles. The summed E-state index contributed by atoms with van der Waals surface area (Å²) in [5, 5.41) is 5.45. The highest BCUT2D eigenvalue weighted by Crippen LogP contribution is 2.35. The second kappa shape index (κ2) is 6.86. The number of benzene rings is 1. The third-order valence-corrected chi connectivity index (χ3v) is 4.71. The largest absolute Gasteiger partial charge is 0.490 e. The average Bonchev–Trinajstić information content (AvgIpc) is 3.25. The molecule has 2 aromatic rings. The maximum Gasteiger partial charge on any atom is 0.158 e. The zero-order valence-corrected chi connectivity index (χ0v) is 15.0. The number of ether oxygens (including phenoxy) is 1. The van der Waals surface area contributed by atoms with Gasteiger partial charge in [-0.3, -0.25) is 0 Å². The van der Waals surface area contributed by atoms with Crippen LogP contribution in [0, 0.1) is 3.57 Å². The molecule has 3 nitrogen and oxygen atoms in total. The Labute approximate surface area is 147 Å². The predicted octanol–water partition coefficient (Wildman–Crippen LogP) is 4.67. The fraction of sp³-hybridized carbons (Fsp3) is 0.400. The van der Waals surface area contributed by atoms with Crippen molar-refractivity contribution in [2.75, 3.05) is 13.2 Å². The number of aromatic nitrogens is 1. The fourth-order valence-electron chi connectivity index (χ4n) is 2.15. The molecule has 1 aromatic heterocycles. The van der Waals surface area contributed by atoms with E-state index in [1.807, 2.05) is 12.1 Å². The highest BCUT2D eigenvalue weighted by molar-refractivity contribution is 14.1. The van der Waals surface area contributed by atoms with Gasteiger partial charge in [0.15, 0.2) is 5.75 Å². The minimum Gasteiger partial charge on any atom is -0.490 e. The monoisotopic (exact) mass is 436 g/mol. The van der Waals surface area contributed by atoms with Crippen LogP contribution in [0.1, 0.15) is 19.3 Å². The van der Waals surface area contributed by atoms with Crippen LogP contribution >= 0.6 is 45.8 Å². The first kappa shape index (κ1) is 15.6. The number of pyridine rings is 1. The Morgan fingerprint density at radius 1 is 1.33 bits per heavy atom. The third kappa shape index (κ3) is 3.92. The molecule has 21 heavy (non-hydrogen) atoms. The predicted molar refractivity (Wildman–Crippen MR) is 95.6 cm³/mol. The van der Waals surface area contributed by atoms with Crippen LogP contribution in [0.2, 0.25) is 10.2 Å². The topological polar surface area (TPSA) is 34.1 Å². The molecule has 1 saturated carbocycles. The standard InChI is InChI=1S/C15H15Cl2IN2O/c16-11-8-12(18)15(14-10(11)4-5-13(17)20-14)21-7-1-6-19-9-2-3-9/h4-5,8-9,19H,1-3,6-7H2. The molecule has 0 spiro atoms. The van der Waals surface area contributed by atoms with E-state index >= 15 is 0 Å². The molecule has 0 aliphatic heterocycles. The van der Waals surface area contributed by atoms with Gasteiger partial charge in [-0.05, 0) is 66.6 Å². The molecule has 112 valence electrons. The van der Waals surface area contributed by atoms with Crippen LogP contribution in [0.4, 0.5) is 0 Å². The SMILES string of the molecule is Clc1ccc2c(Cl)cc(I)c(OCCCNC3CC3)c2n1. The Morgan fingerprint density at radius 2 is 2.14 bits per heavy atom. The van der Waals surface area contributed by atoms with Gasteiger partial charge in [-0.2, -0.15) is 0 Å². The van der Waals surface area contributed by atoms with Crippen LogP contribution in [-0.4, -0.2) is 24.2 Å². The van der Waals surface area contributed by atoms with Crippen LogP contribution in [0.5, 0.6) is 5.75 Å². The van der Waals surface area contributed by atoms with Crippen LogP contribution in [0.15, 0.2) is 18.2 Å². The number of nitrogens with one attached hydrogen (secondary N) is 1. The summed E-state index contributed by atoms with van der Waals surface area (Å²) in [6.45, 7) is 1.64. The number of rotatable bonds is 6. The van der Waals surface area contributed by atoms with Gasteiger partial charge in [0.25, 0.3) is 0 Å². The lowest BCUT2D eigenvalue weighted by atomic mass is 10.2. The average molecular weight is 437 g/mol. The molecule has 1 fully saturated rings. The molecule has 6 heteroatoms. The molecule has 0 amide bonds. The molecule has 0 saturated heterocycles. The van der Waals surface area contributed by atoms with E-state index in [1.165, 1.54) is 12.8 Å². The van der Waals surface area contributed by atoms with E-state index in [-0.39, 0.29) is 0 Å². The Bertz CT molecular complexity index is 662. The van der Waals surface area contributed by atoms with E-state index < -0.39 is 0 Å². The summed E-state index contributed by atoms with van der Waals surface area (Å²) in [5.41, 5.74) is 0.731. The van der Waals surface area contributed by atoms with Gasteiger partial charge in [0.05, 0.1) is 15.2 Å². The minimum absolute atomic E-state index is 0.445. The van der Waals surface area contributed by atoms with Crippen molar-refractivity contribution in [3.63, 3.8) is 0 Å². The lowest BCUT2D eigenvalue weighted by molar-refractivity contribution is 0.309. The van der Waals surface area contributed by atoms with Crippen molar-refractivity contribution < 1.29 is 4.74 Å². The molecular formula is C15H15Cl2IN2O. The number of nitrogens with zero attached hydrogens (tertiary/aromatic N) is 1. The van der Waals surface area contributed by atoms with Crippen molar-refractivity contribution in [1.29, 1.82) is 0 Å². The molecule has 1 N–H and O–H groups in total. The van der Waals surface area contributed by atoms with Crippen LogP contribution in [-0.2, 0) is 0 Å². The summed E-state index contributed by atoms with van der Waals surface area (Å²) in [4.78, 5) is 4.37. The van der Waals surface area contributed by atoms with Gasteiger partial charge in [0.1, 0.15) is 10.7 Å². The molecule has 1 aliphatic rings. The van der Waals surface area contributed by atoms with Gasteiger partial charge in [0.2, 0.25) is 0 Å². The number of hydrogen-bond donors (Lipinski definition) is 1. The summed E-state index contributed by atoms with van der Waals surface area (Å²) in [6.07, 6.45) is 3.59. The van der Waals surface area contributed by atoms with Gasteiger partial charge in [-0.1, -0.05) is 23.2 Å². The fourth-order valence-corrected chi connectivity index (χ4v) is 3.46. The van der Waals surface area contributed by atoms with Crippen molar-refractivity contribution in [3.8, 4) is 5.75 Å². The van der Waals surface area contributed by atoms with Crippen LogP contribution < -0.4 is 10.1 Å². The first-order chi connectivity index (χ1) is 10.1. The maximum absolute atomic E-state index is 6.26. The quantitative estimate of drug-likeness (QED) is 0.406. The van der Waals surface area contributed by atoms with Crippen molar-refractivity contribution in [1.82, 2.24) is 10.3 Å². The minimum atomic E-state index is 0.445. The summed E-state index contributed by atoms with van der Waals surface area (Å²) in [6, 6.07) is 6.26. The number of halogens is 3. The first-order valence-corrected chi connectivity index (χ1v) is 8.79. The zero-order valence-electron chi connectivity index (χ0n) is 11.3. The van der Waals surface area contributed by atoms with E-state index in [0.717, 1.165) is 39.2 Å². The van der Waals surface area contributed by atoms with E-state index in [0.29, 0.717) is 16.8 Å². The van der Waals surface area contributed by atoms with Crippen molar-refractivity contribution in [3.05, 3.63) is 31.9 Å². The van der Waals surface area contributed by atoms with Crippen LogP contribution in [0.25, 0.3) is 10.9 Å². The third-order valence-electron chi connectivity index (χ3n) is 3.38. The summed E-state index contributed by atoms with van der Waals surface area (Å²) in [7, 11) is 0. The molecule has 0 radical (unpaired) electrons. The molecule has 1 aliphatic carbocycles. The Kier molecular flexibility index (Phi) is 5.09. The smallest absolute Gasteiger partial charge is 0.158 e. The molecule has 0 bridgehead atoms. The molecule has 1 aromatic carbocycles. The van der Waals surface area contributed by atoms with E-state index in [4.69, 9.17) is 27.9 Å². The number of fused-ring (bicyclic) bond motifs is 1. The highest BCUT2D eigenvalue weighted by atomic mass is 127. The van der Waals surface area contributed by atoms with Gasteiger partial charge in [-0.15, -0.1) is 0 Å². The Morgan fingerprint density at radius 3 is 2.90 bits per heavy atom. The second-order valence-corrected chi connectivity index (χ2v) is 7.09. The highest BCUT2D eigenvalue weighted by Gasteiger charge is 2.19. The van der Waals surface area contributed by atoms with Gasteiger partial charge in [0, 0.05) is 11.4 Å². The van der Waals surface area contributed by atoms with Crippen LogP contribution in [0.3, 0.4) is 0 Å². The molecular weight excluding hydrogens is 422 g/mol. The molecule has 0 atom stereocenters. The van der Waals surface area contributed by atoms with Crippen molar-refractivity contribution >= 4 is 56.7 Å². The van der Waals surface area contributed by atoms with Gasteiger partial charge < -0.3 is 10.1 Å². The normalized spacial score (nSPS) is 14.6. The molecule has 3 rings (SSSR count). The first-order valence-electron chi connectivity index (χ1n) is 6.95. The summed E-state index contributed by atoms with van der Waals surface area (Å²) in [5.74, 6) is 0.768. The van der Waals surface area contributed by atoms with E-state index in [9.17, 15) is 0 Å². The van der Waals surface area contributed by atoms with Crippen molar-refractivity contribution in [2.24, 2.45) is 0 Å². The zero-order chi connectivity index (χ0) is 14.8. The summed E-state index contributed by atoms with van der Waals surface area (Å²) >= 11 is 14.5. The number of hydrogen-bond acceptors (Lipinski definition) is 3. The maximum atomic E-state index is 6.26. The molecule has 0 unspecified atom stereocenters. The van der Waals surface area contributed by atoms with E-state index in [2.05, 4.69) is 32.9 Å². The second-order valence-electron chi connectivity index (χ2n) is 5.13. The van der Waals surface area contributed by atoms with Crippen molar-refractivity contribution in [2.45, 2.75) is 25.3 Å². The lowest BCUT2D eigenvalue weighted by Crippen LogP contribution is -2.19. The Hall–Kier alpha value is -0.300. The lowest BCUT2D eigenvalue weighted by Gasteiger charge is -2.12. The van der Waals surface area contributed by atoms with Gasteiger partial charge in [-0.25, -0.2) is 4.98 Å².